The monoisotopic (exact) mass is 595 g/mol. The summed E-state index contributed by atoms with van der Waals surface area (Å²) in [5.41, 5.74) is 2.60. The number of amides is 2. The van der Waals surface area contributed by atoms with Crippen LogP contribution in [0.2, 0.25) is 5.02 Å². The molecule has 218 valence electrons. The third-order valence-electron chi connectivity index (χ3n) is 7.71. The first kappa shape index (κ1) is 30.6. The average molecular weight is 596 g/mol. The van der Waals surface area contributed by atoms with Crippen LogP contribution < -0.4 is 9.62 Å². The second-order valence-electron chi connectivity index (χ2n) is 10.7. The lowest BCUT2D eigenvalue weighted by Crippen LogP contribution is -2.53. The van der Waals surface area contributed by atoms with Crippen LogP contribution >= 0.6 is 11.6 Å². The van der Waals surface area contributed by atoms with Crippen molar-refractivity contribution in [2.75, 3.05) is 10.8 Å². The molecule has 1 fully saturated rings. The molecule has 0 saturated heterocycles. The molecule has 41 heavy (non-hydrogen) atoms. The van der Waals surface area contributed by atoms with E-state index in [1.807, 2.05) is 37.3 Å². The van der Waals surface area contributed by atoms with Crippen molar-refractivity contribution in [1.29, 1.82) is 0 Å². The van der Waals surface area contributed by atoms with Crippen LogP contribution in [0.25, 0.3) is 0 Å². The summed E-state index contributed by atoms with van der Waals surface area (Å²) in [7, 11) is -4.15. The van der Waals surface area contributed by atoms with E-state index in [-0.39, 0.29) is 23.4 Å². The van der Waals surface area contributed by atoms with Gasteiger partial charge in [-0.3, -0.25) is 13.9 Å². The number of sulfonamides is 1. The number of nitrogens with one attached hydrogen (secondary N) is 1. The van der Waals surface area contributed by atoms with Gasteiger partial charge in [-0.1, -0.05) is 85.0 Å². The number of aryl methyl sites for hydroxylation is 1. The maximum absolute atomic E-state index is 14.1. The lowest BCUT2D eigenvalue weighted by atomic mass is 9.95. The molecule has 0 aromatic heterocycles. The van der Waals surface area contributed by atoms with E-state index in [1.54, 1.807) is 44.2 Å². The van der Waals surface area contributed by atoms with Gasteiger partial charge in [0, 0.05) is 17.6 Å². The van der Waals surface area contributed by atoms with Gasteiger partial charge < -0.3 is 10.2 Å². The minimum Gasteiger partial charge on any atom is -0.352 e. The Morgan fingerprint density at radius 1 is 0.927 bits per heavy atom. The van der Waals surface area contributed by atoms with Gasteiger partial charge in [0.2, 0.25) is 11.8 Å². The van der Waals surface area contributed by atoms with Gasteiger partial charge in [-0.05, 0) is 69.0 Å². The maximum Gasteiger partial charge on any atom is 0.264 e. The zero-order valence-corrected chi connectivity index (χ0v) is 25.4. The molecule has 0 heterocycles. The fourth-order valence-electron chi connectivity index (χ4n) is 5.15. The van der Waals surface area contributed by atoms with Crippen molar-refractivity contribution < 1.29 is 18.0 Å². The Morgan fingerprint density at radius 3 is 2.24 bits per heavy atom. The first-order valence-corrected chi connectivity index (χ1v) is 15.9. The van der Waals surface area contributed by atoms with Gasteiger partial charge in [0.1, 0.15) is 12.6 Å². The number of rotatable bonds is 10. The van der Waals surface area contributed by atoms with Crippen LogP contribution in [0.4, 0.5) is 5.69 Å². The highest BCUT2D eigenvalue weighted by Gasteiger charge is 2.34. The van der Waals surface area contributed by atoms with Crippen molar-refractivity contribution in [3.8, 4) is 0 Å². The van der Waals surface area contributed by atoms with Gasteiger partial charge in [-0.25, -0.2) is 8.42 Å². The van der Waals surface area contributed by atoms with Gasteiger partial charge in [0.15, 0.2) is 0 Å². The third kappa shape index (κ3) is 7.49. The molecule has 0 spiro atoms. The fraction of sp³-hybridized carbons (Fsp3) is 0.375. The van der Waals surface area contributed by atoms with Gasteiger partial charge in [0.25, 0.3) is 10.0 Å². The van der Waals surface area contributed by atoms with Crippen molar-refractivity contribution in [3.63, 3.8) is 0 Å². The van der Waals surface area contributed by atoms with Gasteiger partial charge >= 0.3 is 0 Å². The van der Waals surface area contributed by atoms with Gasteiger partial charge in [-0.2, -0.15) is 0 Å². The van der Waals surface area contributed by atoms with E-state index in [9.17, 15) is 18.0 Å². The zero-order chi connectivity index (χ0) is 29.6. The number of hydrogen-bond donors (Lipinski definition) is 1. The van der Waals surface area contributed by atoms with E-state index in [0.717, 1.165) is 47.5 Å². The van der Waals surface area contributed by atoms with Crippen LogP contribution in [0.5, 0.6) is 0 Å². The normalized spacial score (nSPS) is 14.7. The van der Waals surface area contributed by atoms with Crippen LogP contribution in [0.1, 0.15) is 55.7 Å². The molecule has 0 aliphatic heterocycles. The highest BCUT2D eigenvalue weighted by atomic mass is 35.5. The summed E-state index contributed by atoms with van der Waals surface area (Å²) < 4.78 is 29.1. The first-order valence-electron chi connectivity index (χ1n) is 14.1. The molecule has 1 aliphatic carbocycles. The van der Waals surface area contributed by atoms with Crippen molar-refractivity contribution in [1.82, 2.24) is 10.2 Å². The quantitative estimate of drug-likeness (QED) is 0.311. The van der Waals surface area contributed by atoms with Crippen molar-refractivity contribution in [2.24, 2.45) is 0 Å². The highest BCUT2D eigenvalue weighted by molar-refractivity contribution is 7.92. The Bertz CT molecular complexity index is 1460. The number of halogens is 1. The molecule has 1 atom stereocenters. The molecule has 0 unspecified atom stereocenters. The van der Waals surface area contributed by atoms with E-state index in [1.165, 1.54) is 17.0 Å². The van der Waals surface area contributed by atoms with Crippen LogP contribution in [-0.2, 0) is 26.2 Å². The number of anilines is 1. The summed E-state index contributed by atoms with van der Waals surface area (Å²) in [5.74, 6) is -0.733. The lowest BCUT2D eigenvalue weighted by Gasteiger charge is -2.33. The Balaban J connectivity index is 1.69. The maximum atomic E-state index is 14.1. The summed E-state index contributed by atoms with van der Waals surface area (Å²) in [4.78, 5) is 29.0. The summed E-state index contributed by atoms with van der Waals surface area (Å²) in [5, 5.41) is 3.51. The van der Waals surface area contributed by atoms with Crippen LogP contribution in [0, 0.1) is 13.8 Å². The number of carbonyl (C=O) groups is 2. The van der Waals surface area contributed by atoms with Crippen LogP contribution in [0.3, 0.4) is 0 Å². The third-order valence-corrected chi connectivity index (χ3v) is 9.89. The highest BCUT2D eigenvalue weighted by Crippen LogP contribution is 2.31. The molecule has 3 aromatic rings. The molecule has 2 amide bonds. The second kappa shape index (κ2) is 13.5. The van der Waals surface area contributed by atoms with Gasteiger partial charge in [0.05, 0.1) is 10.6 Å². The molecule has 1 N–H and O–H groups in total. The predicted molar refractivity (Wildman–Crippen MR) is 163 cm³/mol. The molecule has 1 aliphatic rings. The summed E-state index contributed by atoms with van der Waals surface area (Å²) in [6.07, 6.45) is 5.13. The molecular weight excluding hydrogens is 558 g/mol. The SMILES string of the molecule is Cc1ccc(S(=O)(=O)N(CC(=O)N(Cc2ccccc2)[C@H](C)C(=O)NC2CCCCC2)c2cccc(Cl)c2C)cc1. The summed E-state index contributed by atoms with van der Waals surface area (Å²) >= 11 is 6.40. The summed E-state index contributed by atoms with van der Waals surface area (Å²) in [6, 6.07) is 20.1. The number of nitrogens with zero attached hydrogens (tertiary/aromatic N) is 2. The standard InChI is InChI=1S/C32H38ClN3O4S/c1-23-17-19-28(20-18-23)41(39,40)36(30-16-10-15-29(33)24(30)2)22-31(37)35(21-26-11-6-4-7-12-26)25(3)32(38)34-27-13-8-5-9-14-27/h4,6-7,10-12,15-20,25,27H,5,8-9,13-14,21-22H2,1-3H3,(H,34,38)/t25-/m1/s1. The molecule has 0 bridgehead atoms. The minimum absolute atomic E-state index is 0.0629. The largest absolute Gasteiger partial charge is 0.352 e. The smallest absolute Gasteiger partial charge is 0.264 e. The van der Waals surface area contributed by atoms with Crippen LogP contribution in [-0.4, -0.2) is 43.8 Å². The Morgan fingerprint density at radius 2 is 1.59 bits per heavy atom. The summed E-state index contributed by atoms with van der Waals surface area (Å²) in [6.45, 7) is 4.96. The molecule has 7 nitrogen and oxygen atoms in total. The second-order valence-corrected chi connectivity index (χ2v) is 13.0. The topological polar surface area (TPSA) is 86.8 Å². The molecule has 0 radical (unpaired) electrons. The zero-order valence-electron chi connectivity index (χ0n) is 23.8. The minimum atomic E-state index is -4.15. The predicted octanol–water partition coefficient (Wildman–Crippen LogP) is 6.02. The Labute approximate surface area is 248 Å². The van der Waals surface area contributed by atoms with Crippen molar-refractivity contribution in [3.05, 3.63) is 94.5 Å². The van der Waals surface area contributed by atoms with E-state index < -0.39 is 28.5 Å². The lowest BCUT2D eigenvalue weighted by molar-refractivity contribution is -0.139. The molecular formula is C32H38ClN3O4S. The van der Waals surface area contributed by atoms with Crippen LogP contribution in [0.15, 0.2) is 77.7 Å². The van der Waals surface area contributed by atoms with Crippen molar-refractivity contribution >= 4 is 39.1 Å². The fourth-order valence-corrected chi connectivity index (χ4v) is 6.79. The number of hydrogen-bond acceptors (Lipinski definition) is 4. The van der Waals surface area contributed by atoms with Crippen molar-refractivity contribution in [2.45, 2.75) is 76.4 Å². The first-order chi connectivity index (χ1) is 19.6. The van der Waals surface area contributed by atoms with E-state index in [0.29, 0.717) is 16.3 Å². The Kier molecular flexibility index (Phi) is 10.1. The van der Waals surface area contributed by atoms with E-state index >= 15 is 0 Å². The number of benzene rings is 3. The molecule has 1 saturated carbocycles. The Hall–Kier alpha value is -3.36. The number of carbonyl (C=O) groups excluding carboxylic acids is 2. The van der Waals surface area contributed by atoms with E-state index in [4.69, 9.17) is 11.6 Å². The van der Waals surface area contributed by atoms with Gasteiger partial charge in [-0.15, -0.1) is 0 Å². The van der Waals surface area contributed by atoms with E-state index in [2.05, 4.69) is 5.32 Å². The molecule has 4 rings (SSSR count). The molecule has 3 aromatic carbocycles. The molecule has 9 heteroatoms. The average Bonchev–Trinajstić information content (AvgIpc) is 2.97.